The van der Waals surface area contributed by atoms with Gasteiger partial charge in [-0.3, -0.25) is 4.79 Å². The smallest absolute Gasteiger partial charge is 0.265 e. The minimum absolute atomic E-state index is 0.0740. The van der Waals surface area contributed by atoms with Gasteiger partial charge in [0.2, 0.25) is 0 Å². The molecule has 0 radical (unpaired) electrons. The van der Waals surface area contributed by atoms with E-state index in [0.29, 0.717) is 4.88 Å². The van der Waals surface area contributed by atoms with Crippen LogP contribution in [0.4, 0.5) is 0 Å². The molecule has 1 N–H and O–H groups in total. The highest BCUT2D eigenvalue weighted by Crippen LogP contribution is 2.16. The predicted molar refractivity (Wildman–Crippen MR) is 96.7 cm³/mol. The van der Waals surface area contributed by atoms with Gasteiger partial charge in [-0.25, -0.2) is 0 Å². The van der Waals surface area contributed by atoms with Crippen LogP contribution in [0.3, 0.4) is 0 Å². The minimum atomic E-state index is -0.0740. The van der Waals surface area contributed by atoms with E-state index in [1.807, 2.05) is 39.8 Å². The lowest BCUT2D eigenvalue weighted by atomic mass is 10.1. The largest absolute Gasteiger partial charge is 0.491 e. The van der Waals surface area contributed by atoms with E-state index < -0.39 is 0 Å². The van der Waals surface area contributed by atoms with E-state index >= 15 is 0 Å². The summed E-state index contributed by atoms with van der Waals surface area (Å²) in [4.78, 5) is 12.9. The van der Waals surface area contributed by atoms with Gasteiger partial charge in [0.1, 0.15) is 10.6 Å². The van der Waals surface area contributed by atoms with Gasteiger partial charge in [0.05, 0.1) is 11.8 Å². The highest BCUT2D eigenvalue weighted by molar-refractivity contribution is 7.08. The quantitative estimate of drug-likeness (QED) is 0.792. The molecule has 6 heteroatoms. The number of aromatic nitrogens is 2. The van der Waals surface area contributed by atoms with Crippen molar-refractivity contribution in [2.75, 3.05) is 0 Å². The number of nitrogens with zero attached hydrogens (tertiary/aromatic N) is 2. The van der Waals surface area contributed by atoms with Crippen LogP contribution in [-0.2, 0) is 12.8 Å². The first-order valence-corrected chi connectivity index (χ1v) is 9.14. The van der Waals surface area contributed by atoms with E-state index in [2.05, 4.69) is 27.0 Å². The van der Waals surface area contributed by atoms with Crippen molar-refractivity contribution in [1.29, 1.82) is 0 Å². The molecule has 0 saturated carbocycles. The average molecular weight is 347 g/mol. The molecule has 1 atom stereocenters. The second-order valence-electron chi connectivity index (χ2n) is 6.13. The van der Waals surface area contributed by atoms with Crippen LogP contribution in [0, 0.1) is 0 Å². The Morgan fingerprint density at radius 2 is 1.96 bits per heavy atom. The summed E-state index contributed by atoms with van der Waals surface area (Å²) >= 11 is 1.16. The number of rotatable bonds is 8. The van der Waals surface area contributed by atoms with Crippen molar-refractivity contribution in [2.24, 2.45) is 0 Å². The molecule has 0 saturated heterocycles. The second-order valence-corrected chi connectivity index (χ2v) is 6.88. The molecular weight excluding hydrogens is 322 g/mol. The highest BCUT2D eigenvalue weighted by Gasteiger charge is 2.16. The monoisotopic (exact) mass is 347 g/mol. The maximum Gasteiger partial charge on any atom is 0.265 e. The van der Waals surface area contributed by atoms with Crippen molar-refractivity contribution in [3.63, 3.8) is 0 Å². The molecule has 0 fully saturated rings. The van der Waals surface area contributed by atoms with Crippen LogP contribution < -0.4 is 10.1 Å². The third-order valence-electron chi connectivity index (χ3n) is 3.64. The van der Waals surface area contributed by atoms with E-state index in [9.17, 15) is 4.79 Å². The molecule has 1 amide bonds. The normalized spacial score (nSPS) is 12.2. The lowest BCUT2D eigenvalue weighted by molar-refractivity contribution is 0.0941. The molecule has 1 heterocycles. The summed E-state index contributed by atoms with van der Waals surface area (Å²) < 4.78 is 9.51. The van der Waals surface area contributed by atoms with Crippen molar-refractivity contribution >= 4 is 17.4 Å². The number of aryl methyl sites for hydroxylation is 2. The first-order valence-electron chi connectivity index (χ1n) is 8.37. The second kappa shape index (κ2) is 8.78. The maximum absolute atomic E-state index is 12.3. The van der Waals surface area contributed by atoms with Gasteiger partial charge in [-0.2, -0.15) is 0 Å². The summed E-state index contributed by atoms with van der Waals surface area (Å²) in [6.45, 7) is 8.03. The van der Waals surface area contributed by atoms with Crippen molar-refractivity contribution in [1.82, 2.24) is 14.9 Å². The molecule has 0 aliphatic carbocycles. The third kappa shape index (κ3) is 5.30. The van der Waals surface area contributed by atoms with Gasteiger partial charge in [-0.15, -0.1) is 5.10 Å². The number of hydrogen-bond donors (Lipinski definition) is 1. The van der Waals surface area contributed by atoms with E-state index in [-0.39, 0.29) is 18.1 Å². The van der Waals surface area contributed by atoms with Crippen molar-refractivity contribution in [3.8, 4) is 5.75 Å². The molecule has 0 bridgehead atoms. The summed E-state index contributed by atoms with van der Waals surface area (Å²) in [5.74, 6) is 0.815. The Balaban J connectivity index is 1.82. The van der Waals surface area contributed by atoms with Crippen LogP contribution in [0.1, 0.15) is 55.0 Å². The molecule has 0 spiro atoms. The fraction of sp³-hybridized carbons (Fsp3) is 0.500. The Kier molecular flexibility index (Phi) is 6.73. The fourth-order valence-electron chi connectivity index (χ4n) is 2.36. The van der Waals surface area contributed by atoms with Crippen LogP contribution >= 0.6 is 11.5 Å². The van der Waals surface area contributed by atoms with E-state index in [1.165, 1.54) is 5.56 Å². The fourth-order valence-corrected chi connectivity index (χ4v) is 3.02. The van der Waals surface area contributed by atoms with Crippen molar-refractivity contribution in [3.05, 3.63) is 40.4 Å². The van der Waals surface area contributed by atoms with Crippen LogP contribution in [0.5, 0.6) is 5.75 Å². The molecular formula is C18H25N3O2S. The van der Waals surface area contributed by atoms with Gasteiger partial charge in [0.15, 0.2) is 0 Å². The molecule has 5 nitrogen and oxygen atoms in total. The van der Waals surface area contributed by atoms with Gasteiger partial charge in [0.25, 0.3) is 5.91 Å². The SMILES string of the molecule is CCc1nnsc1C(=O)N[C@H](C)CCc1ccc(OC(C)C)cc1. The van der Waals surface area contributed by atoms with Gasteiger partial charge < -0.3 is 10.1 Å². The number of benzene rings is 1. The zero-order chi connectivity index (χ0) is 17.5. The molecule has 1 aromatic heterocycles. The first-order chi connectivity index (χ1) is 11.5. The lowest BCUT2D eigenvalue weighted by Gasteiger charge is -2.14. The van der Waals surface area contributed by atoms with Crippen LogP contribution in [0.15, 0.2) is 24.3 Å². The topological polar surface area (TPSA) is 64.1 Å². The number of carbonyl (C=O) groups excluding carboxylic acids is 1. The van der Waals surface area contributed by atoms with E-state index in [0.717, 1.165) is 42.2 Å². The Morgan fingerprint density at radius 3 is 2.58 bits per heavy atom. The highest BCUT2D eigenvalue weighted by atomic mass is 32.1. The summed E-state index contributed by atoms with van der Waals surface area (Å²) in [6, 6.07) is 8.24. The number of amides is 1. The number of ether oxygens (including phenoxy) is 1. The molecule has 2 aromatic rings. The Hall–Kier alpha value is -1.95. The lowest BCUT2D eigenvalue weighted by Crippen LogP contribution is -2.32. The van der Waals surface area contributed by atoms with Crippen LogP contribution in [0.25, 0.3) is 0 Å². The van der Waals surface area contributed by atoms with Gasteiger partial charge >= 0.3 is 0 Å². The van der Waals surface area contributed by atoms with Gasteiger partial charge in [0, 0.05) is 6.04 Å². The van der Waals surface area contributed by atoms with Gasteiger partial charge in [-0.05, 0) is 69.3 Å². The van der Waals surface area contributed by atoms with E-state index in [4.69, 9.17) is 4.74 Å². The first kappa shape index (κ1) is 18.4. The molecule has 0 unspecified atom stereocenters. The summed E-state index contributed by atoms with van der Waals surface area (Å²) in [6.07, 6.45) is 2.69. The van der Waals surface area contributed by atoms with E-state index in [1.54, 1.807) is 0 Å². The number of hydrogen-bond acceptors (Lipinski definition) is 5. The Bertz CT molecular complexity index is 653. The predicted octanol–water partition coefficient (Wildman–Crippen LogP) is 3.64. The van der Waals surface area contributed by atoms with Crippen molar-refractivity contribution < 1.29 is 9.53 Å². The summed E-state index contributed by atoms with van der Waals surface area (Å²) in [5.41, 5.74) is 2.01. The summed E-state index contributed by atoms with van der Waals surface area (Å²) in [7, 11) is 0. The molecule has 1 aromatic carbocycles. The summed E-state index contributed by atoms with van der Waals surface area (Å²) in [5, 5.41) is 7.01. The minimum Gasteiger partial charge on any atom is -0.491 e. The molecule has 2 rings (SSSR count). The molecule has 0 aliphatic heterocycles. The zero-order valence-corrected chi connectivity index (χ0v) is 15.5. The Labute approximate surface area is 147 Å². The average Bonchev–Trinajstić information content (AvgIpc) is 3.02. The van der Waals surface area contributed by atoms with Crippen molar-refractivity contribution in [2.45, 2.75) is 59.1 Å². The third-order valence-corrected chi connectivity index (χ3v) is 4.40. The number of nitrogens with one attached hydrogen (secondary N) is 1. The standard InChI is InChI=1S/C18H25N3O2S/c1-5-16-17(24-21-20-16)18(22)19-13(4)6-7-14-8-10-15(11-9-14)23-12(2)3/h8-13H,5-7H2,1-4H3,(H,19,22)/t13-/m1/s1. The molecule has 0 aliphatic rings. The maximum atomic E-state index is 12.3. The molecule has 24 heavy (non-hydrogen) atoms. The van der Waals surface area contributed by atoms with Crippen LogP contribution in [-0.4, -0.2) is 27.6 Å². The Morgan fingerprint density at radius 1 is 1.25 bits per heavy atom. The number of carbonyl (C=O) groups is 1. The van der Waals surface area contributed by atoms with Crippen LogP contribution in [0.2, 0.25) is 0 Å². The van der Waals surface area contributed by atoms with Gasteiger partial charge in [-0.1, -0.05) is 23.5 Å². The zero-order valence-electron chi connectivity index (χ0n) is 14.7. The molecule has 130 valence electrons.